The molecule has 0 atom stereocenters. The molecule has 0 aliphatic carbocycles. The molecule has 142 valence electrons. The van der Waals surface area contributed by atoms with Gasteiger partial charge in [-0.05, 0) is 49.1 Å². The third-order valence-corrected chi connectivity index (χ3v) is 4.71. The standard InChI is InChI=1S/C20H24N4O2S/c1-22(13-16-7-5-4-6-8-16)15-24-20(27)23(2)19(21-24)14-26-18-11-9-17(25-3)10-12-18/h4-12H,13-15H2,1-3H3. The Morgan fingerprint density at radius 1 is 1.04 bits per heavy atom. The number of methoxy groups -OCH3 is 1. The first-order chi connectivity index (χ1) is 13.1. The fourth-order valence-corrected chi connectivity index (χ4v) is 2.95. The van der Waals surface area contributed by atoms with Gasteiger partial charge in [0.25, 0.3) is 0 Å². The van der Waals surface area contributed by atoms with Crippen LogP contribution in [0.4, 0.5) is 0 Å². The molecule has 7 heteroatoms. The van der Waals surface area contributed by atoms with Crippen LogP contribution >= 0.6 is 12.2 Å². The fraction of sp³-hybridized carbons (Fsp3) is 0.300. The summed E-state index contributed by atoms with van der Waals surface area (Å²) in [6.07, 6.45) is 0. The van der Waals surface area contributed by atoms with Gasteiger partial charge in [-0.3, -0.25) is 4.90 Å². The minimum absolute atomic E-state index is 0.349. The summed E-state index contributed by atoms with van der Waals surface area (Å²) in [6.45, 7) is 1.79. The lowest BCUT2D eigenvalue weighted by Crippen LogP contribution is -2.22. The Labute approximate surface area is 164 Å². The Kier molecular flexibility index (Phi) is 6.26. The highest BCUT2D eigenvalue weighted by Gasteiger charge is 2.10. The monoisotopic (exact) mass is 384 g/mol. The van der Waals surface area contributed by atoms with Crippen molar-refractivity contribution in [3.63, 3.8) is 0 Å². The first kappa shape index (κ1) is 19.1. The molecule has 0 saturated carbocycles. The van der Waals surface area contributed by atoms with Crippen LogP contribution in [0.1, 0.15) is 11.4 Å². The average Bonchev–Trinajstić information content (AvgIpc) is 2.95. The third kappa shape index (κ3) is 4.96. The molecule has 0 bridgehead atoms. The number of aromatic nitrogens is 3. The van der Waals surface area contributed by atoms with Gasteiger partial charge >= 0.3 is 0 Å². The lowest BCUT2D eigenvalue weighted by molar-refractivity contribution is 0.241. The van der Waals surface area contributed by atoms with Crippen LogP contribution in [0.5, 0.6) is 11.5 Å². The summed E-state index contributed by atoms with van der Waals surface area (Å²) in [7, 11) is 5.61. The Bertz CT molecular complexity index is 919. The van der Waals surface area contributed by atoms with Crippen LogP contribution < -0.4 is 9.47 Å². The van der Waals surface area contributed by atoms with Crippen molar-refractivity contribution in [2.24, 2.45) is 7.05 Å². The minimum atomic E-state index is 0.349. The normalized spacial score (nSPS) is 11.0. The number of hydrogen-bond donors (Lipinski definition) is 0. The van der Waals surface area contributed by atoms with Gasteiger partial charge < -0.3 is 14.0 Å². The van der Waals surface area contributed by atoms with E-state index < -0.39 is 0 Å². The molecule has 1 heterocycles. The molecule has 2 aromatic carbocycles. The Hall–Kier alpha value is -2.64. The molecule has 0 fully saturated rings. The first-order valence-electron chi connectivity index (χ1n) is 8.69. The van der Waals surface area contributed by atoms with E-state index in [0.717, 1.165) is 23.9 Å². The van der Waals surface area contributed by atoms with Crippen molar-refractivity contribution in [3.05, 3.63) is 70.8 Å². The van der Waals surface area contributed by atoms with E-state index >= 15 is 0 Å². The molecule has 3 aromatic rings. The van der Waals surface area contributed by atoms with Crippen LogP contribution in [0.2, 0.25) is 0 Å². The molecule has 0 unspecified atom stereocenters. The molecule has 0 N–H and O–H groups in total. The summed E-state index contributed by atoms with van der Waals surface area (Å²) in [4.78, 5) is 2.17. The smallest absolute Gasteiger partial charge is 0.198 e. The van der Waals surface area contributed by atoms with E-state index in [1.165, 1.54) is 5.56 Å². The largest absolute Gasteiger partial charge is 0.497 e. The van der Waals surface area contributed by atoms with E-state index in [2.05, 4.69) is 29.2 Å². The molecule has 0 aliphatic rings. The SMILES string of the molecule is COc1ccc(OCc2nn(CN(C)Cc3ccccc3)c(=S)n2C)cc1. The Morgan fingerprint density at radius 2 is 1.70 bits per heavy atom. The molecule has 0 amide bonds. The van der Waals surface area contributed by atoms with Crippen molar-refractivity contribution in [2.75, 3.05) is 14.2 Å². The summed E-state index contributed by atoms with van der Waals surface area (Å²) in [5.41, 5.74) is 1.26. The Balaban J connectivity index is 1.63. The van der Waals surface area contributed by atoms with Gasteiger partial charge in [0, 0.05) is 13.6 Å². The van der Waals surface area contributed by atoms with E-state index in [0.29, 0.717) is 18.0 Å². The van der Waals surface area contributed by atoms with Gasteiger partial charge in [-0.2, -0.15) is 5.10 Å². The molecule has 6 nitrogen and oxygen atoms in total. The maximum Gasteiger partial charge on any atom is 0.198 e. The molecule has 3 rings (SSSR count). The van der Waals surface area contributed by atoms with Crippen LogP contribution in [0.15, 0.2) is 54.6 Å². The van der Waals surface area contributed by atoms with Gasteiger partial charge in [-0.25, -0.2) is 4.68 Å². The molecule has 27 heavy (non-hydrogen) atoms. The summed E-state index contributed by atoms with van der Waals surface area (Å²) >= 11 is 5.53. The van der Waals surface area contributed by atoms with Crippen LogP contribution in [0.3, 0.4) is 0 Å². The molecule has 0 saturated heterocycles. The van der Waals surface area contributed by atoms with E-state index in [1.54, 1.807) is 7.11 Å². The minimum Gasteiger partial charge on any atom is -0.497 e. The quantitative estimate of drug-likeness (QED) is 0.555. The van der Waals surface area contributed by atoms with Crippen molar-refractivity contribution < 1.29 is 9.47 Å². The lowest BCUT2D eigenvalue weighted by Gasteiger charge is -2.16. The van der Waals surface area contributed by atoms with Gasteiger partial charge in [0.15, 0.2) is 10.6 Å². The molecule has 0 radical (unpaired) electrons. The van der Waals surface area contributed by atoms with Gasteiger partial charge in [0.05, 0.1) is 13.8 Å². The van der Waals surface area contributed by atoms with Crippen LogP contribution in [-0.4, -0.2) is 33.4 Å². The highest BCUT2D eigenvalue weighted by atomic mass is 32.1. The van der Waals surface area contributed by atoms with E-state index in [9.17, 15) is 0 Å². The van der Waals surface area contributed by atoms with Gasteiger partial charge in [0.1, 0.15) is 18.1 Å². The number of rotatable bonds is 8. The number of nitrogens with zero attached hydrogens (tertiary/aromatic N) is 4. The molecular formula is C20H24N4O2S. The second-order valence-electron chi connectivity index (χ2n) is 6.36. The van der Waals surface area contributed by atoms with Gasteiger partial charge in [-0.15, -0.1) is 0 Å². The van der Waals surface area contributed by atoms with Crippen molar-refractivity contribution >= 4 is 12.2 Å². The Morgan fingerprint density at radius 3 is 2.37 bits per heavy atom. The second kappa shape index (κ2) is 8.83. The van der Waals surface area contributed by atoms with E-state index in [-0.39, 0.29) is 0 Å². The lowest BCUT2D eigenvalue weighted by atomic mass is 10.2. The average molecular weight is 385 g/mol. The summed E-state index contributed by atoms with van der Waals surface area (Å²) in [6, 6.07) is 17.8. The van der Waals surface area contributed by atoms with Crippen molar-refractivity contribution in [1.82, 2.24) is 19.2 Å². The summed E-state index contributed by atoms with van der Waals surface area (Å²) < 4.78 is 15.4. The zero-order valence-electron chi connectivity index (χ0n) is 15.8. The summed E-state index contributed by atoms with van der Waals surface area (Å²) in [5, 5.41) is 4.62. The fourth-order valence-electron chi connectivity index (χ4n) is 2.74. The maximum atomic E-state index is 5.83. The topological polar surface area (TPSA) is 44.5 Å². The van der Waals surface area contributed by atoms with Crippen LogP contribution in [-0.2, 0) is 26.9 Å². The highest BCUT2D eigenvalue weighted by molar-refractivity contribution is 7.71. The number of ether oxygens (including phenoxy) is 2. The van der Waals surface area contributed by atoms with Crippen LogP contribution in [0, 0.1) is 4.77 Å². The van der Waals surface area contributed by atoms with Crippen LogP contribution in [0.25, 0.3) is 0 Å². The third-order valence-electron chi connectivity index (χ3n) is 4.23. The van der Waals surface area contributed by atoms with Gasteiger partial charge in [-0.1, -0.05) is 30.3 Å². The molecule has 0 spiro atoms. The van der Waals surface area contributed by atoms with Gasteiger partial charge in [0.2, 0.25) is 0 Å². The van der Waals surface area contributed by atoms with Crippen molar-refractivity contribution in [2.45, 2.75) is 19.8 Å². The van der Waals surface area contributed by atoms with E-state index in [4.69, 9.17) is 21.7 Å². The predicted octanol–water partition coefficient (Wildman–Crippen LogP) is 3.63. The zero-order chi connectivity index (χ0) is 19.2. The zero-order valence-corrected chi connectivity index (χ0v) is 16.6. The molecule has 0 aliphatic heterocycles. The predicted molar refractivity (Wildman–Crippen MR) is 107 cm³/mol. The van der Waals surface area contributed by atoms with E-state index in [1.807, 2.05) is 58.8 Å². The maximum absolute atomic E-state index is 5.83. The van der Waals surface area contributed by atoms with Crippen molar-refractivity contribution in [1.29, 1.82) is 0 Å². The van der Waals surface area contributed by atoms with Crippen molar-refractivity contribution in [3.8, 4) is 11.5 Å². The highest BCUT2D eigenvalue weighted by Crippen LogP contribution is 2.18. The second-order valence-corrected chi connectivity index (χ2v) is 6.73. The summed E-state index contributed by atoms with van der Waals surface area (Å²) in [5.74, 6) is 2.34. The first-order valence-corrected chi connectivity index (χ1v) is 9.09. The number of benzene rings is 2. The number of hydrogen-bond acceptors (Lipinski definition) is 5. The molecular weight excluding hydrogens is 360 g/mol. The molecule has 1 aromatic heterocycles.